The van der Waals surface area contributed by atoms with Gasteiger partial charge in [-0.3, -0.25) is 0 Å². The molecule has 0 aromatic heterocycles. The fourth-order valence-electron chi connectivity index (χ4n) is 0.429. The molecule has 0 N–H and O–H groups in total. The lowest BCUT2D eigenvalue weighted by molar-refractivity contribution is 0.163. The van der Waals surface area contributed by atoms with Crippen molar-refractivity contribution < 1.29 is 4.74 Å². The summed E-state index contributed by atoms with van der Waals surface area (Å²) < 4.78 is 5.10. The molecule has 1 radical (unpaired) electrons. The quantitative estimate of drug-likeness (QED) is 0.477. The van der Waals surface area contributed by atoms with Crippen LogP contribution >= 0.6 is 11.8 Å². The molecule has 0 saturated carbocycles. The van der Waals surface area contributed by atoms with Crippen molar-refractivity contribution in [3.05, 3.63) is 5.94 Å². The Balaban J connectivity index is 2.33. The molecule has 1 rings (SSSR count). The second kappa shape index (κ2) is 2.05. The van der Waals surface area contributed by atoms with Crippen LogP contribution in [-0.4, -0.2) is 11.4 Å². The Morgan fingerprint density at radius 3 is 2.43 bits per heavy atom. The maximum Gasteiger partial charge on any atom is 0.139 e. The molecule has 1 saturated heterocycles. The Morgan fingerprint density at radius 2 is 2.29 bits per heavy atom. The number of thioether (sulfide) groups is 1. The van der Waals surface area contributed by atoms with Crippen LogP contribution in [-0.2, 0) is 4.74 Å². The highest BCUT2D eigenvalue weighted by molar-refractivity contribution is 8.01. The molecule has 41 valence electrons. The van der Waals surface area contributed by atoms with Crippen LogP contribution in [0.25, 0.3) is 0 Å². The lowest BCUT2D eigenvalue weighted by Gasteiger charge is -2.02. The van der Waals surface area contributed by atoms with Crippen LogP contribution in [0.4, 0.5) is 0 Å². The first-order chi connectivity index (χ1) is 3.30. The van der Waals surface area contributed by atoms with Crippen molar-refractivity contribution in [2.24, 2.45) is 0 Å². The molecule has 0 aromatic rings. The minimum Gasteiger partial charge on any atom is -0.360 e. The fraction of sp³-hybridized carbons (Fsp3) is 0.800. The Bertz CT molecular complexity index is 57.1. The van der Waals surface area contributed by atoms with E-state index >= 15 is 0 Å². The topological polar surface area (TPSA) is 9.23 Å². The van der Waals surface area contributed by atoms with Crippen LogP contribution in [0.2, 0.25) is 0 Å². The predicted molar refractivity (Wildman–Crippen MR) is 31.9 cm³/mol. The molecule has 2 unspecified atom stereocenters. The van der Waals surface area contributed by atoms with Crippen molar-refractivity contribution in [3.63, 3.8) is 0 Å². The summed E-state index contributed by atoms with van der Waals surface area (Å²) in [6.07, 6.45) is 0.421. The zero-order valence-corrected chi connectivity index (χ0v) is 5.37. The van der Waals surface area contributed by atoms with E-state index in [4.69, 9.17) is 4.74 Å². The highest BCUT2D eigenvalue weighted by atomic mass is 32.2. The van der Waals surface area contributed by atoms with Crippen molar-refractivity contribution in [1.82, 2.24) is 0 Å². The van der Waals surface area contributed by atoms with Crippen molar-refractivity contribution in [3.8, 4) is 0 Å². The molecule has 1 aliphatic rings. The SMILES string of the molecule is CC1O[CH]SC1C. The van der Waals surface area contributed by atoms with Gasteiger partial charge in [0.1, 0.15) is 5.94 Å². The van der Waals surface area contributed by atoms with E-state index in [9.17, 15) is 0 Å². The minimum atomic E-state index is 0.421. The van der Waals surface area contributed by atoms with Crippen LogP contribution in [0, 0.1) is 5.94 Å². The summed E-state index contributed by atoms with van der Waals surface area (Å²) in [7, 11) is 0. The van der Waals surface area contributed by atoms with Crippen LogP contribution in [0.5, 0.6) is 0 Å². The van der Waals surface area contributed by atoms with Crippen LogP contribution in [0.15, 0.2) is 0 Å². The van der Waals surface area contributed by atoms with E-state index in [0.717, 1.165) is 0 Å². The van der Waals surface area contributed by atoms with Gasteiger partial charge in [0.05, 0.1) is 6.10 Å². The summed E-state index contributed by atoms with van der Waals surface area (Å²) in [5, 5.41) is 0.653. The number of ether oxygens (including phenoxy) is 1. The Hall–Kier alpha value is 0.310. The third kappa shape index (κ3) is 1.10. The molecule has 1 aliphatic heterocycles. The Kier molecular flexibility index (Phi) is 1.60. The summed E-state index contributed by atoms with van der Waals surface area (Å²) in [6, 6.07) is 0. The molecular formula is C5H9OS. The molecule has 2 atom stereocenters. The molecule has 0 aliphatic carbocycles. The standard InChI is InChI=1S/C5H9OS/c1-4-5(2)7-3-6-4/h3-5H,1-2H3. The zero-order valence-electron chi connectivity index (χ0n) is 4.55. The van der Waals surface area contributed by atoms with Gasteiger partial charge in [-0.15, -0.1) is 11.8 Å². The third-order valence-electron chi connectivity index (χ3n) is 1.20. The summed E-state index contributed by atoms with van der Waals surface area (Å²) in [6.45, 7) is 4.25. The normalized spacial score (nSPS) is 42.0. The van der Waals surface area contributed by atoms with Gasteiger partial charge in [-0.25, -0.2) is 0 Å². The highest BCUT2D eigenvalue weighted by Gasteiger charge is 2.19. The molecule has 0 spiro atoms. The molecule has 1 heterocycles. The van der Waals surface area contributed by atoms with E-state index in [1.807, 2.05) is 5.94 Å². The minimum absolute atomic E-state index is 0.421. The molecule has 1 fully saturated rings. The van der Waals surface area contributed by atoms with Gasteiger partial charge in [0.25, 0.3) is 0 Å². The second-order valence-electron chi connectivity index (χ2n) is 1.78. The molecule has 1 nitrogen and oxygen atoms in total. The molecule has 7 heavy (non-hydrogen) atoms. The van der Waals surface area contributed by atoms with E-state index < -0.39 is 0 Å². The van der Waals surface area contributed by atoms with E-state index in [-0.39, 0.29) is 0 Å². The average Bonchev–Trinajstić information content (AvgIpc) is 1.91. The monoisotopic (exact) mass is 117 g/mol. The van der Waals surface area contributed by atoms with E-state index in [1.165, 1.54) is 0 Å². The molecule has 0 aromatic carbocycles. The Labute approximate surface area is 48.4 Å². The van der Waals surface area contributed by atoms with Gasteiger partial charge in [0, 0.05) is 5.25 Å². The first-order valence-electron chi connectivity index (χ1n) is 2.43. The molecule has 0 amide bonds. The largest absolute Gasteiger partial charge is 0.360 e. The summed E-state index contributed by atoms with van der Waals surface area (Å²) in [5.74, 6) is 1.81. The van der Waals surface area contributed by atoms with Crippen LogP contribution < -0.4 is 0 Å². The van der Waals surface area contributed by atoms with Gasteiger partial charge in [-0.2, -0.15) is 0 Å². The number of rotatable bonds is 0. The van der Waals surface area contributed by atoms with Crippen LogP contribution in [0.1, 0.15) is 13.8 Å². The van der Waals surface area contributed by atoms with Gasteiger partial charge >= 0.3 is 0 Å². The smallest absolute Gasteiger partial charge is 0.139 e. The predicted octanol–water partition coefficient (Wildman–Crippen LogP) is 1.65. The molecular weight excluding hydrogens is 108 g/mol. The van der Waals surface area contributed by atoms with Gasteiger partial charge in [0.15, 0.2) is 0 Å². The zero-order chi connectivity index (χ0) is 5.28. The molecule has 2 heteroatoms. The van der Waals surface area contributed by atoms with Crippen molar-refractivity contribution in [1.29, 1.82) is 0 Å². The van der Waals surface area contributed by atoms with E-state index in [2.05, 4.69) is 13.8 Å². The van der Waals surface area contributed by atoms with Crippen molar-refractivity contribution in [2.75, 3.05) is 0 Å². The van der Waals surface area contributed by atoms with Crippen LogP contribution in [0.3, 0.4) is 0 Å². The number of hydrogen-bond donors (Lipinski definition) is 0. The fourth-order valence-corrected chi connectivity index (χ4v) is 1.13. The highest BCUT2D eigenvalue weighted by Crippen LogP contribution is 2.28. The summed E-state index contributed by atoms with van der Waals surface area (Å²) in [4.78, 5) is 0. The lowest BCUT2D eigenvalue weighted by Crippen LogP contribution is -2.09. The van der Waals surface area contributed by atoms with E-state index in [0.29, 0.717) is 11.4 Å². The van der Waals surface area contributed by atoms with Crippen molar-refractivity contribution >= 4 is 11.8 Å². The number of hydrogen-bond acceptors (Lipinski definition) is 2. The van der Waals surface area contributed by atoms with Gasteiger partial charge in [-0.05, 0) is 6.92 Å². The average molecular weight is 117 g/mol. The summed E-state index contributed by atoms with van der Waals surface area (Å²) >= 11 is 1.76. The van der Waals surface area contributed by atoms with Gasteiger partial charge < -0.3 is 4.74 Å². The van der Waals surface area contributed by atoms with Gasteiger partial charge in [0.2, 0.25) is 0 Å². The van der Waals surface area contributed by atoms with E-state index in [1.54, 1.807) is 11.8 Å². The first-order valence-corrected chi connectivity index (χ1v) is 3.37. The summed E-state index contributed by atoms with van der Waals surface area (Å²) in [5.41, 5.74) is 0. The Morgan fingerprint density at radius 1 is 1.57 bits per heavy atom. The lowest BCUT2D eigenvalue weighted by atomic mass is 10.3. The maximum atomic E-state index is 5.10. The maximum absolute atomic E-state index is 5.10. The van der Waals surface area contributed by atoms with Gasteiger partial charge in [-0.1, -0.05) is 6.92 Å². The second-order valence-corrected chi connectivity index (χ2v) is 2.99. The van der Waals surface area contributed by atoms with Crippen molar-refractivity contribution in [2.45, 2.75) is 25.2 Å². The third-order valence-corrected chi connectivity index (χ3v) is 2.24. The first kappa shape index (κ1) is 5.45. The molecule has 0 bridgehead atoms.